The minimum atomic E-state index is -0.542. The molecule has 0 saturated carbocycles. The molecule has 1 fully saturated rings. The van der Waals surface area contributed by atoms with Crippen molar-refractivity contribution in [3.8, 4) is 5.75 Å². The van der Waals surface area contributed by atoms with Gasteiger partial charge in [0, 0.05) is 29.7 Å². The number of piperidine rings is 1. The highest BCUT2D eigenvalue weighted by Crippen LogP contribution is 2.36. The van der Waals surface area contributed by atoms with Crippen LogP contribution in [0.5, 0.6) is 5.75 Å². The SMILES string of the molecule is COc1ccc2[nH]c3c(c2c1)CC(=O)N1CCCC(CC3O)C1. The quantitative estimate of drug-likeness (QED) is 0.849. The normalized spacial score (nSPS) is 24.8. The first-order valence-corrected chi connectivity index (χ1v) is 8.30. The summed E-state index contributed by atoms with van der Waals surface area (Å²) in [6.07, 6.45) is 2.63. The van der Waals surface area contributed by atoms with E-state index in [0.29, 0.717) is 18.8 Å². The van der Waals surface area contributed by atoms with E-state index in [1.165, 1.54) is 0 Å². The van der Waals surface area contributed by atoms with E-state index >= 15 is 0 Å². The van der Waals surface area contributed by atoms with E-state index in [-0.39, 0.29) is 5.91 Å². The van der Waals surface area contributed by atoms with Crippen LogP contribution in [0.1, 0.15) is 36.6 Å². The number of H-pyrrole nitrogens is 1. The van der Waals surface area contributed by atoms with Gasteiger partial charge in [-0.25, -0.2) is 0 Å². The number of methoxy groups -OCH3 is 1. The van der Waals surface area contributed by atoms with Crippen LogP contribution >= 0.6 is 0 Å². The van der Waals surface area contributed by atoms with Gasteiger partial charge in [0.25, 0.3) is 0 Å². The molecule has 122 valence electrons. The van der Waals surface area contributed by atoms with Gasteiger partial charge in [-0.15, -0.1) is 0 Å². The summed E-state index contributed by atoms with van der Waals surface area (Å²) in [5.74, 6) is 1.31. The van der Waals surface area contributed by atoms with Gasteiger partial charge in [0.1, 0.15) is 5.75 Å². The molecule has 5 nitrogen and oxygen atoms in total. The fourth-order valence-electron chi connectivity index (χ4n) is 4.03. The minimum absolute atomic E-state index is 0.161. The predicted octanol–water partition coefficient (Wildman–Crippen LogP) is 2.39. The van der Waals surface area contributed by atoms with Crippen LogP contribution in [0.4, 0.5) is 0 Å². The van der Waals surface area contributed by atoms with Gasteiger partial charge >= 0.3 is 0 Å². The first-order valence-electron chi connectivity index (χ1n) is 8.30. The zero-order valence-electron chi connectivity index (χ0n) is 13.3. The molecular weight excluding hydrogens is 292 g/mol. The van der Waals surface area contributed by atoms with Gasteiger partial charge in [-0.05, 0) is 48.9 Å². The number of carbonyl (C=O) groups is 1. The number of hydrogen-bond acceptors (Lipinski definition) is 3. The number of aromatic nitrogens is 1. The van der Waals surface area contributed by atoms with Crippen LogP contribution in [0.3, 0.4) is 0 Å². The Morgan fingerprint density at radius 1 is 1.39 bits per heavy atom. The van der Waals surface area contributed by atoms with Crippen LogP contribution < -0.4 is 4.74 Å². The molecule has 3 heterocycles. The number of ether oxygens (including phenoxy) is 1. The lowest BCUT2D eigenvalue weighted by molar-refractivity contribution is -0.132. The third-order valence-electron chi connectivity index (χ3n) is 5.24. The second-order valence-corrected chi connectivity index (χ2v) is 6.71. The van der Waals surface area contributed by atoms with E-state index in [1.807, 2.05) is 23.1 Å². The van der Waals surface area contributed by atoms with Crippen molar-refractivity contribution in [1.29, 1.82) is 0 Å². The van der Waals surface area contributed by atoms with E-state index in [4.69, 9.17) is 4.74 Å². The van der Waals surface area contributed by atoms with Crippen LogP contribution in [0, 0.1) is 5.92 Å². The van der Waals surface area contributed by atoms with Crippen molar-refractivity contribution in [2.75, 3.05) is 20.2 Å². The van der Waals surface area contributed by atoms with Crippen LogP contribution in [0.2, 0.25) is 0 Å². The first-order chi connectivity index (χ1) is 11.2. The molecule has 2 N–H and O–H groups in total. The first kappa shape index (κ1) is 14.6. The number of fused-ring (bicyclic) bond motifs is 5. The number of aliphatic hydroxyl groups excluding tert-OH is 1. The molecule has 0 radical (unpaired) electrons. The van der Waals surface area contributed by atoms with Crippen molar-refractivity contribution in [1.82, 2.24) is 9.88 Å². The lowest BCUT2D eigenvalue weighted by Gasteiger charge is -2.32. The molecule has 2 aromatic rings. The van der Waals surface area contributed by atoms with Gasteiger partial charge in [0.05, 0.1) is 19.6 Å². The molecule has 2 unspecified atom stereocenters. The maximum atomic E-state index is 12.7. The Labute approximate surface area is 135 Å². The number of aliphatic hydroxyl groups is 1. The van der Waals surface area contributed by atoms with E-state index in [1.54, 1.807) is 7.11 Å². The molecule has 23 heavy (non-hydrogen) atoms. The number of amides is 1. The summed E-state index contributed by atoms with van der Waals surface area (Å²) in [7, 11) is 1.64. The smallest absolute Gasteiger partial charge is 0.227 e. The van der Waals surface area contributed by atoms with Crippen molar-refractivity contribution in [2.24, 2.45) is 5.92 Å². The number of benzene rings is 1. The molecule has 1 amide bonds. The molecule has 0 aliphatic carbocycles. The van der Waals surface area contributed by atoms with Gasteiger partial charge in [0.2, 0.25) is 5.91 Å². The fourth-order valence-corrected chi connectivity index (χ4v) is 4.03. The Morgan fingerprint density at radius 2 is 2.26 bits per heavy atom. The molecule has 1 aromatic carbocycles. The average Bonchev–Trinajstić information content (AvgIpc) is 2.93. The molecule has 4 rings (SSSR count). The molecule has 2 aliphatic rings. The number of carbonyl (C=O) groups excluding carboxylic acids is 1. The van der Waals surface area contributed by atoms with Crippen molar-refractivity contribution in [3.63, 3.8) is 0 Å². The maximum Gasteiger partial charge on any atom is 0.227 e. The van der Waals surface area contributed by atoms with Crippen LogP contribution in [0.15, 0.2) is 18.2 Å². The second-order valence-electron chi connectivity index (χ2n) is 6.71. The van der Waals surface area contributed by atoms with Crippen LogP contribution in [-0.2, 0) is 11.2 Å². The predicted molar refractivity (Wildman–Crippen MR) is 87.4 cm³/mol. The Kier molecular flexibility index (Phi) is 3.53. The summed E-state index contributed by atoms with van der Waals surface area (Å²) >= 11 is 0. The maximum absolute atomic E-state index is 12.7. The van der Waals surface area contributed by atoms with E-state index in [0.717, 1.165) is 53.8 Å². The van der Waals surface area contributed by atoms with Gasteiger partial charge in [-0.3, -0.25) is 4.79 Å². The zero-order valence-corrected chi connectivity index (χ0v) is 13.3. The van der Waals surface area contributed by atoms with Crippen molar-refractivity contribution < 1.29 is 14.6 Å². The molecule has 0 spiro atoms. The summed E-state index contributed by atoms with van der Waals surface area (Å²) in [5, 5.41) is 11.7. The lowest BCUT2D eigenvalue weighted by Crippen LogP contribution is -2.40. The molecule has 5 heteroatoms. The largest absolute Gasteiger partial charge is 0.497 e. The number of hydrogen-bond donors (Lipinski definition) is 2. The monoisotopic (exact) mass is 314 g/mol. The Morgan fingerprint density at radius 3 is 3.09 bits per heavy atom. The summed E-state index contributed by atoms with van der Waals surface area (Å²) in [5.41, 5.74) is 2.67. The van der Waals surface area contributed by atoms with Crippen molar-refractivity contribution >= 4 is 16.8 Å². The van der Waals surface area contributed by atoms with Crippen LogP contribution in [0.25, 0.3) is 10.9 Å². The third-order valence-corrected chi connectivity index (χ3v) is 5.24. The molecule has 2 bridgehead atoms. The topological polar surface area (TPSA) is 65.6 Å². The van der Waals surface area contributed by atoms with Gasteiger partial charge in [-0.2, -0.15) is 0 Å². The standard InChI is InChI=1S/C18H22N2O3/c1-23-12-4-5-15-13(8-12)14-9-17(22)20-6-2-3-11(10-20)7-16(21)18(14)19-15/h4-5,8,11,16,19,21H,2-3,6-7,9-10H2,1H3. The highest BCUT2D eigenvalue weighted by molar-refractivity contribution is 5.91. The number of rotatable bonds is 1. The van der Waals surface area contributed by atoms with E-state index < -0.39 is 6.10 Å². The molecule has 1 saturated heterocycles. The molecule has 2 atom stereocenters. The third kappa shape index (κ3) is 2.49. The zero-order chi connectivity index (χ0) is 16.0. The van der Waals surface area contributed by atoms with E-state index in [9.17, 15) is 9.90 Å². The molecular formula is C18H22N2O3. The minimum Gasteiger partial charge on any atom is -0.497 e. The van der Waals surface area contributed by atoms with Gasteiger partial charge in [0.15, 0.2) is 0 Å². The lowest BCUT2D eigenvalue weighted by atomic mass is 9.91. The van der Waals surface area contributed by atoms with Gasteiger partial charge < -0.3 is 19.7 Å². The average molecular weight is 314 g/mol. The Hall–Kier alpha value is -2.01. The summed E-state index contributed by atoms with van der Waals surface area (Å²) in [6.45, 7) is 1.62. The summed E-state index contributed by atoms with van der Waals surface area (Å²) in [4.78, 5) is 18.0. The Balaban J connectivity index is 1.84. The highest BCUT2D eigenvalue weighted by Gasteiger charge is 2.31. The van der Waals surface area contributed by atoms with Crippen molar-refractivity contribution in [2.45, 2.75) is 31.8 Å². The number of aromatic amines is 1. The summed E-state index contributed by atoms with van der Waals surface area (Å²) in [6, 6.07) is 5.79. The number of nitrogens with zero attached hydrogens (tertiary/aromatic N) is 1. The Bertz CT molecular complexity index is 752. The molecule has 2 aliphatic heterocycles. The number of nitrogens with one attached hydrogen (secondary N) is 1. The summed E-state index contributed by atoms with van der Waals surface area (Å²) < 4.78 is 5.31. The fraction of sp³-hybridized carbons (Fsp3) is 0.500. The van der Waals surface area contributed by atoms with E-state index in [2.05, 4.69) is 4.98 Å². The molecule has 1 aromatic heterocycles. The highest BCUT2D eigenvalue weighted by atomic mass is 16.5. The van der Waals surface area contributed by atoms with Crippen LogP contribution in [-0.4, -0.2) is 41.1 Å². The van der Waals surface area contributed by atoms with Crippen molar-refractivity contribution in [3.05, 3.63) is 29.5 Å². The second kappa shape index (κ2) is 5.57. The van der Waals surface area contributed by atoms with Gasteiger partial charge in [-0.1, -0.05) is 0 Å².